The minimum absolute atomic E-state index is 0.262. The summed E-state index contributed by atoms with van der Waals surface area (Å²) in [6, 6.07) is 0. The topological polar surface area (TPSA) is 46.3 Å². The Balaban J connectivity index is 3.67. The van der Waals surface area contributed by atoms with Crippen LogP contribution < -0.4 is 5.73 Å². The number of allylic oxidation sites excluding steroid dienone is 4. The predicted molar refractivity (Wildman–Crippen MR) is 189 cm³/mol. The minimum atomic E-state index is 0.262. The van der Waals surface area contributed by atoms with E-state index >= 15 is 0 Å². The first-order valence-electron chi connectivity index (χ1n) is 19.0. The number of hydrogen-bond acceptors (Lipinski definition) is 2. The summed E-state index contributed by atoms with van der Waals surface area (Å²) < 4.78 is 0. The molecule has 0 radical (unpaired) electrons. The summed E-state index contributed by atoms with van der Waals surface area (Å²) >= 11 is 0. The smallest absolute Gasteiger partial charge is 0.223 e. The van der Waals surface area contributed by atoms with Crippen molar-refractivity contribution in [3.63, 3.8) is 0 Å². The van der Waals surface area contributed by atoms with E-state index in [1.54, 1.807) is 0 Å². The lowest BCUT2D eigenvalue weighted by atomic mass is 10.1. The van der Waals surface area contributed by atoms with Crippen LogP contribution >= 0.6 is 0 Å². The van der Waals surface area contributed by atoms with E-state index in [0.29, 0.717) is 13.0 Å². The summed E-state index contributed by atoms with van der Waals surface area (Å²) in [7, 11) is 0. The van der Waals surface area contributed by atoms with Gasteiger partial charge in [0.1, 0.15) is 0 Å². The van der Waals surface area contributed by atoms with Crippen LogP contribution in [0.1, 0.15) is 200 Å². The Kier molecular flexibility index (Phi) is 35.2. The first-order valence-corrected chi connectivity index (χ1v) is 19.0. The molecule has 3 heteroatoms. The zero-order valence-electron chi connectivity index (χ0n) is 28.9. The second-order valence-electron chi connectivity index (χ2n) is 12.8. The van der Waals surface area contributed by atoms with Gasteiger partial charge in [-0.05, 0) is 64.2 Å². The van der Waals surface area contributed by atoms with Crippen LogP contribution in [0, 0.1) is 0 Å². The Morgan fingerprint density at radius 1 is 0.452 bits per heavy atom. The lowest BCUT2D eigenvalue weighted by molar-refractivity contribution is -0.131. The van der Waals surface area contributed by atoms with Gasteiger partial charge in [-0.3, -0.25) is 4.79 Å². The average molecular weight is 589 g/mol. The van der Waals surface area contributed by atoms with Gasteiger partial charge in [-0.2, -0.15) is 0 Å². The molecule has 0 bridgehead atoms. The van der Waals surface area contributed by atoms with Crippen molar-refractivity contribution in [1.82, 2.24) is 4.90 Å². The summed E-state index contributed by atoms with van der Waals surface area (Å²) in [5, 5.41) is 0. The number of rotatable bonds is 34. The molecule has 2 N–H and O–H groups in total. The van der Waals surface area contributed by atoms with Crippen LogP contribution in [-0.2, 0) is 4.79 Å². The monoisotopic (exact) mass is 589 g/mol. The van der Waals surface area contributed by atoms with Crippen molar-refractivity contribution < 1.29 is 4.79 Å². The highest BCUT2D eigenvalue weighted by Gasteiger charge is 2.11. The molecule has 0 aliphatic rings. The van der Waals surface area contributed by atoms with Crippen LogP contribution in [0.3, 0.4) is 0 Å². The van der Waals surface area contributed by atoms with Crippen LogP contribution in [0.15, 0.2) is 24.3 Å². The number of nitrogens with zero attached hydrogens (tertiary/aromatic N) is 1. The lowest BCUT2D eigenvalue weighted by Crippen LogP contribution is -2.34. The molecule has 3 nitrogen and oxygen atoms in total. The van der Waals surface area contributed by atoms with E-state index in [-0.39, 0.29) is 5.91 Å². The number of carbonyl (C=O) groups is 1. The molecular formula is C39H76N2O. The summed E-state index contributed by atoms with van der Waals surface area (Å²) in [5.41, 5.74) is 5.69. The Morgan fingerprint density at radius 3 is 1.05 bits per heavy atom. The van der Waals surface area contributed by atoms with Gasteiger partial charge in [0.15, 0.2) is 0 Å². The first kappa shape index (κ1) is 40.9. The van der Waals surface area contributed by atoms with Crippen molar-refractivity contribution in [2.75, 3.05) is 19.6 Å². The zero-order chi connectivity index (χ0) is 30.6. The lowest BCUT2D eigenvalue weighted by Gasteiger charge is -2.22. The molecule has 0 atom stereocenters. The van der Waals surface area contributed by atoms with Gasteiger partial charge in [-0.1, -0.05) is 154 Å². The molecule has 1 amide bonds. The normalized spacial score (nSPS) is 11.8. The van der Waals surface area contributed by atoms with Gasteiger partial charge in [0.2, 0.25) is 5.91 Å². The average Bonchev–Trinajstić information content (AvgIpc) is 2.99. The molecular weight excluding hydrogens is 512 g/mol. The van der Waals surface area contributed by atoms with Gasteiger partial charge < -0.3 is 10.6 Å². The first-order chi connectivity index (χ1) is 20.8. The molecule has 0 unspecified atom stereocenters. The van der Waals surface area contributed by atoms with E-state index in [2.05, 4.69) is 43.1 Å². The molecule has 0 spiro atoms. The molecule has 0 saturated heterocycles. The minimum Gasteiger partial charge on any atom is -0.343 e. The maximum Gasteiger partial charge on any atom is 0.223 e. The number of nitrogens with two attached hydrogens (primary N) is 1. The fourth-order valence-electron chi connectivity index (χ4n) is 5.74. The number of amides is 1. The second-order valence-corrected chi connectivity index (χ2v) is 12.8. The van der Waals surface area contributed by atoms with E-state index in [1.807, 2.05) is 0 Å². The van der Waals surface area contributed by atoms with Crippen molar-refractivity contribution in [2.45, 2.75) is 200 Å². The van der Waals surface area contributed by atoms with Gasteiger partial charge in [0.05, 0.1) is 0 Å². The maximum absolute atomic E-state index is 12.6. The quantitative estimate of drug-likeness (QED) is 0.0600. The van der Waals surface area contributed by atoms with E-state index in [1.165, 1.54) is 167 Å². The van der Waals surface area contributed by atoms with Gasteiger partial charge >= 0.3 is 0 Å². The Morgan fingerprint density at radius 2 is 0.738 bits per heavy atom. The number of unbranched alkanes of at least 4 members (excludes halogenated alkanes) is 24. The van der Waals surface area contributed by atoms with E-state index in [0.717, 1.165) is 25.9 Å². The summed E-state index contributed by atoms with van der Waals surface area (Å²) in [6.07, 6.45) is 47.2. The van der Waals surface area contributed by atoms with Crippen molar-refractivity contribution in [3.8, 4) is 0 Å². The van der Waals surface area contributed by atoms with Gasteiger partial charge in [-0.15, -0.1) is 0 Å². The van der Waals surface area contributed by atoms with Gasteiger partial charge in [0.25, 0.3) is 0 Å². The van der Waals surface area contributed by atoms with E-state index < -0.39 is 0 Å². The molecule has 0 heterocycles. The fraction of sp³-hybridized carbons (Fsp3) is 0.872. The summed E-state index contributed by atoms with van der Waals surface area (Å²) in [4.78, 5) is 14.7. The number of carbonyl (C=O) groups excluding carboxylic acids is 1. The third-order valence-electron chi connectivity index (χ3n) is 8.59. The largest absolute Gasteiger partial charge is 0.343 e. The van der Waals surface area contributed by atoms with Crippen LogP contribution in [-0.4, -0.2) is 30.4 Å². The fourth-order valence-corrected chi connectivity index (χ4v) is 5.74. The van der Waals surface area contributed by atoms with Crippen LogP contribution in [0.25, 0.3) is 0 Å². The van der Waals surface area contributed by atoms with Gasteiger partial charge in [0, 0.05) is 26.1 Å². The molecule has 0 aromatic rings. The maximum atomic E-state index is 12.6. The van der Waals surface area contributed by atoms with Crippen molar-refractivity contribution >= 4 is 5.91 Å². The molecule has 0 aromatic heterocycles. The second kappa shape index (κ2) is 36.1. The molecule has 248 valence electrons. The van der Waals surface area contributed by atoms with Crippen molar-refractivity contribution in [3.05, 3.63) is 24.3 Å². The molecule has 0 aliphatic heterocycles. The van der Waals surface area contributed by atoms with Gasteiger partial charge in [-0.25, -0.2) is 0 Å². The highest BCUT2D eigenvalue weighted by Crippen LogP contribution is 2.13. The van der Waals surface area contributed by atoms with Crippen LogP contribution in [0.4, 0.5) is 0 Å². The highest BCUT2D eigenvalue weighted by molar-refractivity contribution is 5.76. The molecule has 42 heavy (non-hydrogen) atoms. The zero-order valence-corrected chi connectivity index (χ0v) is 28.9. The summed E-state index contributed by atoms with van der Waals surface area (Å²) in [5.74, 6) is 0.262. The SMILES string of the molecule is CCCCCCCC/C=C\CCCCCCCCN(CCCCCCCC/C=C\CCCCCCCC)C(=O)CCN. The van der Waals surface area contributed by atoms with Crippen LogP contribution in [0.2, 0.25) is 0 Å². The molecule has 0 fully saturated rings. The standard InChI is InChI=1S/C39H76N2O/c1-3-5-7-9-11-13-15-17-19-21-23-25-27-29-31-33-37-41(39(42)35-36-40)38-34-32-30-28-26-24-22-20-18-16-14-12-10-8-6-4-2/h17-20H,3-16,21-38,40H2,1-2H3/b19-17-,20-18-. The Hall–Kier alpha value is -1.09. The summed E-state index contributed by atoms with van der Waals surface area (Å²) in [6.45, 7) is 6.88. The Labute approximate surface area is 264 Å². The third kappa shape index (κ3) is 31.8. The predicted octanol–water partition coefficient (Wildman–Crippen LogP) is 12.2. The molecule has 0 aliphatic carbocycles. The highest BCUT2D eigenvalue weighted by atomic mass is 16.2. The molecule has 0 saturated carbocycles. The van der Waals surface area contributed by atoms with E-state index in [9.17, 15) is 4.79 Å². The molecule has 0 rings (SSSR count). The van der Waals surface area contributed by atoms with Crippen LogP contribution in [0.5, 0.6) is 0 Å². The number of hydrogen-bond donors (Lipinski definition) is 1. The Bertz CT molecular complexity index is 543. The van der Waals surface area contributed by atoms with Crippen molar-refractivity contribution in [2.24, 2.45) is 5.73 Å². The van der Waals surface area contributed by atoms with E-state index in [4.69, 9.17) is 5.73 Å². The van der Waals surface area contributed by atoms with Crippen molar-refractivity contribution in [1.29, 1.82) is 0 Å². The third-order valence-corrected chi connectivity index (χ3v) is 8.59. The molecule has 0 aromatic carbocycles.